The van der Waals surface area contributed by atoms with Crippen LogP contribution in [0.15, 0.2) is 42.7 Å². The maximum atomic E-state index is 2.43. The summed E-state index contributed by atoms with van der Waals surface area (Å²) in [5.41, 5.74) is 1.37. The Balaban J connectivity index is 1.50. The minimum absolute atomic E-state index is 0.392. The molecule has 0 aliphatic rings. The van der Waals surface area contributed by atoms with Gasteiger partial charge in [-0.1, -0.05) is 114 Å². The standard InChI is InChI=1S/C28H47N2/c1-4-5-6-7-8-9-10-11-12-13-14-15-16-20-23-29-24-25-30(27(29)3)26(2)28-21-18-17-19-22-28/h17-19,21-22,24-26H,4-16,20,23H2,1-3H3/q+1/t26-/m0/s1. The molecule has 1 atom stereocenters. The second-order valence-corrected chi connectivity index (χ2v) is 9.13. The minimum Gasteiger partial charge on any atom is -0.234 e. The fourth-order valence-corrected chi connectivity index (χ4v) is 4.53. The zero-order chi connectivity index (χ0) is 21.4. The van der Waals surface area contributed by atoms with Crippen molar-refractivity contribution in [3.8, 4) is 0 Å². The van der Waals surface area contributed by atoms with Crippen molar-refractivity contribution >= 4 is 0 Å². The van der Waals surface area contributed by atoms with Crippen molar-refractivity contribution in [1.29, 1.82) is 0 Å². The molecule has 0 saturated heterocycles. The van der Waals surface area contributed by atoms with Crippen LogP contribution in [0, 0.1) is 6.92 Å². The molecule has 168 valence electrons. The lowest BCUT2D eigenvalue weighted by Gasteiger charge is -2.10. The maximum Gasteiger partial charge on any atom is 0.253 e. The molecule has 1 aromatic heterocycles. The predicted octanol–water partition coefficient (Wildman–Crippen LogP) is 8.17. The van der Waals surface area contributed by atoms with Crippen LogP contribution in [-0.2, 0) is 6.54 Å². The molecule has 0 unspecified atom stereocenters. The number of rotatable bonds is 17. The van der Waals surface area contributed by atoms with Crippen LogP contribution in [0.4, 0.5) is 0 Å². The minimum atomic E-state index is 0.392. The molecule has 0 aliphatic heterocycles. The number of unbranched alkanes of at least 4 members (excludes halogenated alkanes) is 13. The fraction of sp³-hybridized carbons (Fsp3) is 0.679. The Kier molecular flexibility index (Phi) is 12.6. The third kappa shape index (κ3) is 9.06. The monoisotopic (exact) mass is 411 g/mol. The molecule has 0 aliphatic carbocycles. The summed E-state index contributed by atoms with van der Waals surface area (Å²) >= 11 is 0. The predicted molar refractivity (Wildman–Crippen MR) is 130 cm³/mol. The Hall–Kier alpha value is -1.57. The first kappa shape index (κ1) is 24.7. The molecule has 30 heavy (non-hydrogen) atoms. The summed E-state index contributed by atoms with van der Waals surface area (Å²) in [5, 5.41) is 0. The number of hydrogen-bond donors (Lipinski definition) is 0. The Bertz CT molecular complexity index is 659. The van der Waals surface area contributed by atoms with Crippen molar-refractivity contribution in [1.82, 2.24) is 4.57 Å². The topological polar surface area (TPSA) is 8.81 Å². The van der Waals surface area contributed by atoms with Crippen LogP contribution in [0.5, 0.6) is 0 Å². The number of nitrogens with zero attached hydrogens (tertiary/aromatic N) is 2. The Labute approximate surface area is 186 Å². The molecule has 0 bridgehead atoms. The van der Waals surface area contributed by atoms with E-state index >= 15 is 0 Å². The van der Waals surface area contributed by atoms with E-state index in [9.17, 15) is 0 Å². The van der Waals surface area contributed by atoms with Crippen molar-refractivity contribution in [2.75, 3.05) is 0 Å². The van der Waals surface area contributed by atoms with Gasteiger partial charge in [0.25, 0.3) is 5.82 Å². The number of hydrogen-bond acceptors (Lipinski definition) is 0. The molecule has 0 N–H and O–H groups in total. The largest absolute Gasteiger partial charge is 0.253 e. The molecule has 0 spiro atoms. The highest BCUT2D eigenvalue weighted by atomic mass is 15.2. The number of imidazole rings is 1. The fourth-order valence-electron chi connectivity index (χ4n) is 4.53. The van der Waals surface area contributed by atoms with Crippen LogP contribution in [-0.4, -0.2) is 4.57 Å². The van der Waals surface area contributed by atoms with Gasteiger partial charge in [0.15, 0.2) is 0 Å². The first-order chi connectivity index (χ1) is 14.7. The summed E-state index contributed by atoms with van der Waals surface area (Å²) in [7, 11) is 0. The van der Waals surface area contributed by atoms with Gasteiger partial charge in [-0.3, -0.25) is 0 Å². The van der Waals surface area contributed by atoms with Crippen molar-refractivity contribution in [3.63, 3.8) is 0 Å². The van der Waals surface area contributed by atoms with E-state index in [1.54, 1.807) is 0 Å². The van der Waals surface area contributed by atoms with E-state index < -0.39 is 0 Å². The number of benzene rings is 1. The van der Waals surface area contributed by atoms with Gasteiger partial charge in [-0.05, 0) is 25.3 Å². The van der Waals surface area contributed by atoms with Gasteiger partial charge in [0.2, 0.25) is 0 Å². The van der Waals surface area contributed by atoms with Crippen molar-refractivity contribution in [2.24, 2.45) is 0 Å². The van der Waals surface area contributed by atoms with Gasteiger partial charge in [0.1, 0.15) is 18.4 Å². The average molecular weight is 412 g/mol. The molecule has 1 heterocycles. The van der Waals surface area contributed by atoms with Gasteiger partial charge in [0, 0.05) is 6.92 Å². The first-order valence-corrected chi connectivity index (χ1v) is 12.9. The van der Waals surface area contributed by atoms with Crippen LogP contribution in [0.1, 0.15) is 121 Å². The lowest BCUT2D eigenvalue weighted by Crippen LogP contribution is -2.35. The summed E-state index contributed by atoms with van der Waals surface area (Å²) in [4.78, 5) is 0. The van der Waals surface area contributed by atoms with E-state index in [0.29, 0.717) is 6.04 Å². The lowest BCUT2D eigenvalue weighted by molar-refractivity contribution is -0.702. The molecule has 2 heteroatoms. The maximum absolute atomic E-state index is 2.43. The van der Waals surface area contributed by atoms with E-state index in [1.807, 2.05) is 0 Å². The third-order valence-electron chi connectivity index (χ3n) is 6.65. The summed E-state index contributed by atoms with van der Waals surface area (Å²) in [6, 6.07) is 11.2. The molecule has 0 fully saturated rings. The van der Waals surface area contributed by atoms with Crippen LogP contribution >= 0.6 is 0 Å². The molecule has 1 aromatic carbocycles. The number of aromatic nitrogens is 2. The average Bonchev–Trinajstić information content (AvgIpc) is 3.14. The highest BCUT2D eigenvalue weighted by Gasteiger charge is 2.18. The summed E-state index contributed by atoms with van der Waals surface area (Å²) in [6.45, 7) is 7.99. The molecule has 2 aromatic rings. The number of aryl methyl sites for hydroxylation is 1. The van der Waals surface area contributed by atoms with Crippen LogP contribution in [0.25, 0.3) is 0 Å². The highest BCUT2D eigenvalue weighted by molar-refractivity contribution is 5.19. The van der Waals surface area contributed by atoms with Crippen molar-refractivity contribution in [2.45, 2.75) is 123 Å². The smallest absolute Gasteiger partial charge is 0.234 e. The lowest BCUT2D eigenvalue weighted by atomic mass is 10.0. The summed E-state index contributed by atoms with van der Waals surface area (Å²) < 4.78 is 4.83. The van der Waals surface area contributed by atoms with Gasteiger partial charge in [-0.2, -0.15) is 0 Å². The molecule has 0 radical (unpaired) electrons. The van der Waals surface area contributed by atoms with Gasteiger partial charge in [-0.15, -0.1) is 0 Å². The van der Waals surface area contributed by atoms with Gasteiger partial charge >= 0.3 is 0 Å². The van der Waals surface area contributed by atoms with Gasteiger partial charge in [-0.25, -0.2) is 9.13 Å². The highest BCUT2D eigenvalue weighted by Crippen LogP contribution is 2.18. The van der Waals surface area contributed by atoms with E-state index in [0.717, 1.165) is 6.54 Å². The Morgan fingerprint density at radius 3 is 1.77 bits per heavy atom. The van der Waals surface area contributed by atoms with E-state index in [4.69, 9.17) is 0 Å². The molecular formula is C28H47N2+. The molecular weight excluding hydrogens is 364 g/mol. The molecule has 0 saturated carbocycles. The Morgan fingerprint density at radius 1 is 0.733 bits per heavy atom. The third-order valence-corrected chi connectivity index (χ3v) is 6.65. The van der Waals surface area contributed by atoms with Crippen molar-refractivity contribution < 1.29 is 4.57 Å². The molecule has 2 nitrogen and oxygen atoms in total. The van der Waals surface area contributed by atoms with Gasteiger partial charge < -0.3 is 0 Å². The van der Waals surface area contributed by atoms with E-state index in [-0.39, 0.29) is 0 Å². The van der Waals surface area contributed by atoms with E-state index in [1.165, 1.54) is 101 Å². The SMILES string of the molecule is CCCCCCCCCCCCCCCC[n+]1ccn([C@@H](C)c2ccccc2)c1C. The zero-order valence-corrected chi connectivity index (χ0v) is 20.1. The Morgan fingerprint density at radius 2 is 1.23 bits per heavy atom. The van der Waals surface area contributed by atoms with E-state index in [2.05, 4.69) is 72.6 Å². The molecule has 0 amide bonds. The molecule has 2 rings (SSSR count). The normalized spacial score (nSPS) is 12.4. The van der Waals surface area contributed by atoms with Crippen molar-refractivity contribution in [3.05, 3.63) is 54.1 Å². The second kappa shape index (κ2) is 15.3. The zero-order valence-electron chi connectivity index (χ0n) is 20.1. The van der Waals surface area contributed by atoms with Crippen LogP contribution in [0.3, 0.4) is 0 Å². The summed E-state index contributed by atoms with van der Waals surface area (Å²) in [5.74, 6) is 1.36. The van der Waals surface area contributed by atoms with Crippen LogP contribution < -0.4 is 4.57 Å². The van der Waals surface area contributed by atoms with Gasteiger partial charge in [0.05, 0.1) is 6.54 Å². The second-order valence-electron chi connectivity index (χ2n) is 9.13. The first-order valence-electron chi connectivity index (χ1n) is 12.9. The quantitative estimate of drug-likeness (QED) is 0.183. The summed E-state index contributed by atoms with van der Waals surface area (Å²) in [6.07, 6.45) is 24.4. The van der Waals surface area contributed by atoms with Crippen LogP contribution in [0.2, 0.25) is 0 Å².